The first kappa shape index (κ1) is 11.5. The van der Waals surface area contributed by atoms with Crippen LogP contribution in [0.2, 0.25) is 5.02 Å². The number of halogens is 1. The first-order chi connectivity index (χ1) is 6.57. The lowest BCUT2D eigenvalue weighted by molar-refractivity contribution is 0.512. The van der Waals surface area contributed by atoms with Gasteiger partial charge in [-0.3, -0.25) is 4.68 Å². The largest absolute Gasteiger partial charge is 0.327 e. The van der Waals surface area contributed by atoms with Crippen molar-refractivity contribution in [1.82, 2.24) is 9.78 Å². The van der Waals surface area contributed by atoms with Crippen LogP contribution in [0.3, 0.4) is 0 Å². The molecule has 0 amide bonds. The van der Waals surface area contributed by atoms with Gasteiger partial charge in [-0.05, 0) is 13.3 Å². The molecule has 0 radical (unpaired) electrons. The zero-order chi connectivity index (χ0) is 10.7. The van der Waals surface area contributed by atoms with Gasteiger partial charge in [0, 0.05) is 18.5 Å². The van der Waals surface area contributed by atoms with Gasteiger partial charge in [-0.1, -0.05) is 25.4 Å². The molecule has 1 aromatic heterocycles. The van der Waals surface area contributed by atoms with E-state index in [1.165, 1.54) is 0 Å². The first-order valence-corrected chi connectivity index (χ1v) is 5.42. The van der Waals surface area contributed by atoms with Crippen molar-refractivity contribution in [3.05, 3.63) is 16.9 Å². The summed E-state index contributed by atoms with van der Waals surface area (Å²) in [5, 5.41) is 4.96. The molecule has 3 nitrogen and oxygen atoms in total. The van der Waals surface area contributed by atoms with Gasteiger partial charge in [0.1, 0.15) is 0 Å². The molecule has 2 N–H and O–H groups in total. The molecule has 2 atom stereocenters. The monoisotopic (exact) mass is 215 g/mol. The lowest BCUT2D eigenvalue weighted by Gasteiger charge is -2.17. The summed E-state index contributed by atoms with van der Waals surface area (Å²) in [7, 11) is 0. The van der Waals surface area contributed by atoms with Gasteiger partial charge in [0.15, 0.2) is 0 Å². The van der Waals surface area contributed by atoms with Crippen molar-refractivity contribution in [3.63, 3.8) is 0 Å². The molecular formula is C10H18ClN3. The summed E-state index contributed by atoms with van der Waals surface area (Å²) in [6, 6.07) is 0.0970. The van der Waals surface area contributed by atoms with Gasteiger partial charge in [0.25, 0.3) is 0 Å². The molecule has 0 aliphatic carbocycles. The van der Waals surface area contributed by atoms with Crippen LogP contribution in [0.5, 0.6) is 0 Å². The molecule has 0 aliphatic heterocycles. The average Bonchev–Trinajstić information content (AvgIpc) is 2.47. The van der Waals surface area contributed by atoms with Gasteiger partial charge < -0.3 is 5.73 Å². The van der Waals surface area contributed by atoms with Gasteiger partial charge >= 0.3 is 0 Å². The standard InChI is InChI=1S/C10H18ClN3/c1-4-5-14-10(7(2)8(3)12)9(11)6-13-14/h6-8H,4-5,12H2,1-3H3. The number of hydrogen-bond acceptors (Lipinski definition) is 2. The van der Waals surface area contributed by atoms with E-state index < -0.39 is 0 Å². The van der Waals surface area contributed by atoms with Crippen LogP contribution in [0.15, 0.2) is 6.20 Å². The first-order valence-electron chi connectivity index (χ1n) is 5.04. The summed E-state index contributed by atoms with van der Waals surface area (Å²) in [5.74, 6) is 0.247. The topological polar surface area (TPSA) is 43.8 Å². The van der Waals surface area contributed by atoms with E-state index in [9.17, 15) is 0 Å². The lowest BCUT2D eigenvalue weighted by Crippen LogP contribution is -2.25. The fourth-order valence-corrected chi connectivity index (χ4v) is 1.78. The molecule has 4 heteroatoms. The Morgan fingerprint density at radius 3 is 2.71 bits per heavy atom. The highest BCUT2D eigenvalue weighted by Crippen LogP contribution is 2.26. The van der Waals surface area contributed by atoms with Gasteiger partial charge in [0.2, 0.25) is 0 Å². The summed E-state index contributed by atoms with van der Waals surface area (Å²) >= 11 is 6.08. The van der Waals surface area contributed by atoms with E-state index in [2.05, 4.69) is 18.9 Å². The highest BCUT2D eigenvalue weighted by atomic mass is 35.5. The molecule has 1 aromatic rings. The fourth-order valence-electron chi connectivity index (χ4n) is 1.46. The molecular weight excluding hydrogens is 198 g/mol. The highest BCUT2D eigenvalue weighted by Gasteiger charge is 2.18. The van der Waals surface area contributed by atoms with E-state index in [0.717, 1.165) is 23.7 Å². The van der Waals surface area contributed by atoms with Crippen molar-refractivity contribution in [3.8, 4) is 0 Å². The van der Waals surface area contributed by atoms with E-state index in [4.69, 9.17) is 17.3 Å². The zero-order valence-electron chi connectivity index (χ0n) is 9.00. The smallest absolute Gasteiger partial charge is 0.0821 e. The van der Waals surface area contributed by atoms with Crippen molar-refractivity contribution in [2.75, 3.05) is 0 Å². The van der Waals surface area contributed by atoms with E-state index in [1.54, 1.807) is 6.20 Å². The molecule has 0 aliphatic rings. The summed E-state index contributed by atoms with van der Waals surface area (Å²) in [4.78, 5) is 0. The van der Waals surface area contributed by atoms with Crippen molar-refractivity contribution in [1.29, 1.82) is 0 Å². The molecule has 0 aromatic carbocycles. The Hall–Kier alpha value is -0.540. The third-order valence-electron chi connectivity index (χ3n) is 2.49. The van der Waals surface area contributed by atoms with E-state index in [0.29, 0.717) is 0 Å². The quantitative estimate of drug-likeness (QED) is 0.838. The molecule has 0 fully saturated rings. The Morgan fingerprint density at radius 1 is 1.57 bits per heavy atom. The van der Waals surface area contributed by atoms with Crippen LogP contribution in [0.1, 0.15) is 38.8 Å². The van der Waals surface area contributed by atoms with Crippen LogP contribution in [-0.4, -0.2) is 15.8 Å². The normalized spacial score (nSPS) is 15.5. The van der Waals surface area contributed by atoms with Gasteiger partial charge in [-0.25, -0.2) is 0 Å². The Kier molecular flexibility index (Phi) is 3.96. The van der Waals surface area contributed by atoms with Crippen LogP contribution < -0.4 is 5.73 Å². The zero-order valence-corrected chi connectivity index (χ0v) is 9.75. The van der Waals surface area contributed by atoms with Gasteiger partial charge in [-0.15, -0.1) is 0 Å². The molecule has 0 bridgehead atoms. The second kappa shape index (κ2) is 4.80. The average molecular weight is 216 g/mol. The Balaban J connectivity index is 2.97. The van der Waals surface area contributed by atoms with Crippen molar-refractivity contribution in [2.45, 2.75) is 45.7 Å². The van der Waals surface area contributed by atoms with Crippen LogP contribution in [0.4, 0.5) is 0 Å². The molecule has 0 saturated heterocycles. The minimum Gasteiger partial charge on any atom is -0.327 e. The predicted octanol–water partition coefficient (Wildman–Crippen LogP) is 2.40. The number of nitrogens with two attached hydrogens (primary N) is 1. The molecule has 0 saturated carbocycles. The number of aromatic nitrogens is 2. The SMILES string of the molecule is CCCn1ncc(Cl)c1C(C)C(C)N. The summed E-state index contributed by atoms with van der Waals surface area (Å²) < 4.78 is 1.95. The number of nitrogens with zero attached hydrogens (tertiary/aromatic N) is 2. The molecule has 80 valence electrons. The maximum Gasteiger partial charge on any atom is 0.0821 e. The summed E-state index contributed by atoms with van der Waals surface area (Å²) in [6.45, 7) is 7.10. The van der Waals surface area contributed by atoms with Crippen molar-refractivity contribution in [2.24, 2.45) is 5.73 Å². The maximum atomic E-state index is 6.08. The van der Waals surface area contributed by atoms with Crippen LogP contribution >= 0.6 is 11.6 Å². The Morgan fingerprint density at radius 2 is 2.21 bits per heavy atom. The Labute approximate surface area is 90.2 Å². The van der Waals surface area contributed by atoms with Crippen molar-refractivity contribution < 1.29 is 0 Å². The minimum absolute atomic E-state index is 0.0970. The van der Waals surface area contributed by atoms with E-state index in [1.807, 2.05) is 11.6 Å². The molecule has 1 rings (SSSR count). The number of hydrogen-bond donors (Lipinski definition) is 1. The predicted molar refractivity (Wildman–Crippen MR) is 59.6 cm³/mol. The van der Waals surface area contributed by atoms with Gasteiger partial charge in [0.05, 0.1) is 16.9 Å². The minimum atomic E-state index is 0.0970. The molecule has 1 heterocycles. The second-order valence-electron chi connectivity index (χ2n) is 3.75. The summed E-state index contributed by atoms with van der Waals surface area (Å²) in [5.41, 5.74) is 6.92. The van der Waals surface area contributed by atoms with E-state index in [-0.39, 0.29) is 12.0 Å². The van der Waals surface area contributed by atoms with Crippen LogP contribution in [-0.2, 0) is 6.54 Å². The second-order valence-corrected chi connectivity index (χ2v) is 4.16. The number of rotatable bonds is 4. The Bertz CT molecular complexity index is 294. The molecule has 2 unspecified atom stereocenters. The lowest BCUT2D eigenvalue weighted by atomic mass is 10.0. The highest BCUT2D eigenvalue weighted by molar-refractivity contribution is 6.31. The third-order valence-corrected chi connectivity index (χ3v) is 2.78. The summed E-state index contributed by atoms with van der Waals surface area (Å²) in [6.07, 6.45) is 2.75. The van der Waals surface area contributed by atoms with E-state index >= 15 is 0 Å². The fraction of sp³-hybridized carbons (Fsp3) is 0.700. The van der Waals surface area contributed by atoms with Gasteiger partial charge in [-0.2, -0.15) is 5.10 Å². The molecule has 14 heavy (non-hydrogen) atoms. The maximum absolute atomic E-state index is 6.08. The van der Waals surface area contributed by atoms with Crippen LogP contribution in [0, 0.1) is 0 Å². The third kappa shape index (κ3) is 2.28. The van der Waals surface area contributed by atoms with Crippen LogP contribution in [0.25, 0.3) is 0 Å². The number of aryl methyl sites for hydroxylation is 1. The van der Waals surface area contributed by atoms with Crippen molar-refractivity contribution >= 4 is 11.6 Å². The molecule has 0 spiro atoms.